The molecule has 0 fully saturated rings. The van der Waals surface area contributed by atoms with Gasteiger partial charge >= 0.3 is 0 Å². The second kappa shape index (κ2) is 6.11. The Morgan fingerprint density at radius 3 is 2.68 bits per heavy atom. The Kier molecular flexibility index (Phi) is 4.26. The molecule has 4 heteroatoms. The minimum atomic E-state index is -0.714. The van der Waals surface area contributed by atoms with Crippen LogP contribution < -0.4 is 5.32 Å². The third-order valence-corrected chi connectivity index (χ3v) is 2.86. The number of pyridine rings is 1. The van der Waals surface area contributed by atoms with Crippen LogP contribution in [0.2, 0.25) is 0 Å². The highest BCUT2D eigenvalue weighted by Crippen LogP contribution is 2.11. The maximum atomic E-state index is 11.9. The van der Waals surface area contributed by atoms with Crippen molar-refractivity contribution in [2.24, 2.45) is 0 Å². The first-order chi connectivity index (χ1) is 9.18. The van der Waals surface area contributed by atoms with Crippen molar-refractivity contribution in [2.45, 2.75) is 13.0 Å². The lowest BCUT2D eigenvalue weighted by molar-refractivity contribution is 0.0910. The van der Waals surface area contributed by atoms with Crippen molar-refractivity contribution in [1.29, 1.82) is 0 Å². The molecule has 1 unspecified atom stereocenters. The average molecular weight is 256 g/mol. The van der Waals surface area contributed by atoms with Crippen LogP contribution in [0.15, 0.2) is 48.7 Å². The Hall–Kier alpha value is -2.20. The number of carbonyl (C=O) groups is 1. The number of carbonyl (C=O) groups excluding carboxylic acids is 1. The molecule has 2 aromatic rings. The molecule has 0 aliphatic heterocycles. The summed E-state index contributed by atoms with van der Waals surface area (Å²) in [6.45, 7) is 1.99. The van der Waals surface area contributed by atoms with E-state index < -0.39 is 6.10 Å². The number of rotatable bonds is 4. The third-order valence-electron chi connectivity index (χ3n) is 2.86. The van der Waals surface area contributed by atoms with E-state index in [1.807, 2.05) is 43.3 Å². The summed E-state index contributed by atoms with van der Waals surface area (Å²) in [6.07, 6.45) is 0.865. The molecule has 4 nitrogen and oxygen atoms in total. The molecular formula is C15H16N2O2. The van der Waals surface area contributed by atoms with Gasteiger partial charge in [0.2, 0.25) is 0 Å². The number of nitrogens with one attached hydrogen (secondary N) is 1. The standard InChI is InChI=1S/C15H16N2O2/c1-11-6-5-9-16-14(11)15(19)17-10-13(18)12-7-3-2-4-8-12/h2-9,13,18H,10H2,1H3,(H,17,19). The first kappa shape index (κ1) is 13.2. The van der Waals surface area contributed by atoms with E-state index in [4.69, 9.17) is 0 Å². The molecular weight excluding hydrogens is 240 g/mol. The van der Waals surface area contributed by atoms with Crippen LogP contribution in [-0.4, -0.2) is 22.5 Å². The van der Waals surface area contributed by atoms with Gasteiger partial charge in [-0.1, -0.05) is 36.4 Å². The fourth-order valence-corrected chi connectivity index (χ4v) is 1.79. The lowest BCUT2D eigenvalue weighted by Crippen LogP contribution is -2.29. The van der Waals surface area contributed by atoms with Gasteiger partial charge in [-0.05, 0) is 24.1 Å². The number of aliphatic hydroxyl groups excluding tert-OH is 1. The Labute approximate surface area is 112 Å². The van der Waals surface area contributed by atoms with Crippen molar-refractivity contribution in [1.82, 2.24) is 10.3 Å². The molecule has 1 amide bonds. The molecule has 2 rings (SSSR count). The van der Waals surface area contributed by atoms with Crippen LogP contribution in [-0.2, 0) is 0 Å². The molecule has 0 saturated carbocycles. The number of benzene rings is 1. The highest BCUT2D eigenvalue weighted by molar-refractivity contribution is 5.93. The van der Waals surface area contributed by atoms with E-state index in [1.54, 1.807) is 12.3 Å². The molecule has 0 bridgehead atoms. The van der Waals surface area contributed by atoms with Crippen molar-refractivity contribution in [3.8, 4) is 0 Å². The van der Waals surface area contributed by atoms with Crippen LogP contribution in [0.5, 0.6) is 0 Å². The predicted molar refractivity (Wildman–Crippen MR) is 72.7 cm³/mol. The van der Waals surface area contributed by atoms with Crippen LogP contribution in [0.25, 0.3) is 0 Å². The topological polar surface area (TPSA) is 62.2 Å². The van der Waals surface area contributed by atoms with E-state index in [0.717, 1.165) is 11.1 Å². The van der Waals surface area contributed by atoms with Gasteiger partial charge in [0.25, 0.3) is 5.91 Å². The van der Waals surface area contributed by atoms with Crippen LogP contribution in [0.3, 0.4) is 0 Å². The molecule has 1 atom stereocenters. The highest BCUT2D eigenvalue weighted by atomic mass is 16.3. The minimum absolute atomic E-state index is 0.166. The highest BCUT2D eigenvalue weighted by Gasteiger charge is 2.12. The molecule has 1 aromatic carbocycles. The van der Waals surface area contributed by atoms with Crippen molar-refractivity contribution in [3.63, 3.8) is 0 Å². The number of aryl methyl sites for hydroxylation is 1. The fraction of sp³-hybridized carbons (Fsp3) is 0.200. The summed E-state index contributed by atoms with van der Waals surface area (Å²) in [5.74, 6) is -0.270. The van der Waals surface area contributed by atoms with Crippen LogP contribution in [0, 0.1) is 6.92 Å². The van der Waals surface area contributed by atoms with Gasteiger partial charge < -0.3 is 10.4 Å². The number of aromatic nitrogens is 1. The van der Waals surface area contributed by atoms with Gasteiger partial charge in [0.1, 0.15) is 5.69 Å². The Morgan fingerprint density at radius 2 is 2.00 bits per heavy atom. The minimum Gasteiger partial charge on any atom is -0.387 e. The van der Waals surface area contributed by atoms with Gasteiger partial charge in [0.15, 0.2) is 0 Å². The zero-order chi connectivity index (χ0) is 13.7. The Balaban J connectivity index is 1.96. The van der Waals surface area contributed by atoms with Gasteiger partial charge in [-0.25, -0.2) is 0 Å². The second-order valence-electron chi connectivity index (χ2n) is 4.31. The average Bonchev–Trinajstić information content (AvgIpc) is 2.46. The number of amides is 1. The zero-order valence-corrected chi connectivity index (χ0v) is 10.7. The lowest BCUT2D eigenvalue weighted by Gasteiger charge is -2.12. The van der Waals surface area contributed by atoms with Gasteiger partial charge in [0.05, 0.1) is 6.10 Å². The van der Waals surface area contributed by atoms with Gasteiger partial charge in [-0.2, -0.15) is 0 Å². The number of hydrogen-bond donors (Lipinski definition) is 2. The molecule has 1 aromatic heterocycles. The van der Waals surface area contributed by atoms with E-state index in [2.05, 4.69) is 10.3 Å². The molecule has 2 N–H and O–H groups in total. The van der Waals surface area contributed by atoms with Gasteiger partial charge in [-0.3, -0.25) is 9.78 Å². The maximum Gasteiger partial charge on any atom is 0.270 e. The number of nitrogens with zero attached hydrogens (tertiary/aromatic N) is 1. The van der Waals surface area contributed by atoms with E-state index in [0.29, 0.717) is 5.69 Å². The summed E-state index contributed by atoms with van der Waals surface area (Å²) in [5.41, 5.74) is 1.98. The lowest BCUT2D eigenvalue weighted by atomic mass is 10.1. The second-order valence-corrected chi connectivity index (χ2v) is 4.31. The Bertz CT molecular complexity index is 555. The molecule has 0 radical (unpaired) electrons. The summed E-state index contributed by atoms with van der Waals surface area (Å²) in [7, 11) is 0. The van der Waals surface area contributed by atoms with Crippen molar-refractivity contribution in [3.05, 3.63) is 65.5 Å². The summed E-state index contributed by atoms with van der Waals surface area (Å²) >= 11 is 0. The molecule has 1 heterocycles. The Morgan fingerprint density at radius 1 is 1.26 bits per heavy atom. The molecule has 98 valence electrons. The zero-order valence-electron chi connectivity index (χ0n) is 10.7. The van der Waals surface area contributed by atoms with Crippen LogP contribution >= 0.6 is 0 Å². The van der Waals surface area contributed by atoms with Gasteiger partial charge in [0, 0.05) is 12.7 Å². The van der Waals surface area contributed by atoms with Crippen LogP contribution in [0.4, 0.5) is 0 Å². The molecule has 0 aliphatic carbocycles. The monoisotopic (exact) mass is 256 g/mol. The SMILES string of the molecule is Cc1cccnc1C(=O)NCC(O)c1ccccc1. The fourth-order valence-electron chi connectivity index (χ4n) is 1.79. The first-order valence-corrected chi connectivity index (χ1v) is 6.11. The first-order valence-electron chi connectivity index (χ1n) is 6.11. The summed E-state index contributed by atoms with van der Waals surface area (Å²) in [4.78, 5) is 16.0. The molecule has 0 aliphatic rings. The van der Waals surface area contributed by atoms with E-state index in [1.165, 1.54) is 0 Å². The predicted octanol–water partition coefficient (Wildman–Crippen LogP) is 1.85. The van der Waals surface area contributed by atoms with Crippen LogP contribution in [0.1, 0.15) is 27.7 Å². The summed E-state index contributed by atoms with van der Waals surface area (Å²) < 4.78 is 0. The largest absolute Gasteiger partial charge is 0.387 e. The number of hydrogen-bond acceptors (Lipinski definition) is 3. The number of aliphatic hydroxyl groups is 1. The molecule has 19 heavy (non-hydrogen) atoms. The van der Waals surface area contributed by atoms with E-state index >= 15 is 0 Å². The van der Waals surface area contributed by atoms with Crippen molar-refractivity contribution < 1.29 is 9.90 Å². The van der Waals surface area contributed by atoms with E-state index in [-0.39, 0.29) is 12.5 Å². The molecule has 0 spiro atoms. The summed E-state index contributed by atoms with van der Waals surface area (Å²) in [5, 5.41) is 12.6. The maximum absolute atomic E-state index is 11.9. The third kappa shape index (κ3) is 3.39. The quantitative estimate of drug-likeness (QED) is 0.877. The van der Waals surface area contributed by atoms with Crippen molar-refractivity contribution >= 4 is 5.91 Å². The van der Waals surface area contributed by atoms with E-state index in [9.17, 15) is 9.90 Å². The van der Waals surface area contributed by atoms with Gasteiger partial charge in [-0.15, -0.1) is 0 Å². The smallest absolute Gasteiger partial charge is 0.270 e. The van der Waals surface area contributed by atoms with Crippen molar-refractivity contribution in [2.75, 3.05) is 6.54 Å². The summed E-state index contributed by atoms with van der Waals surface area (Å²) in [6, 6.07) is 12.8. The normalized spacial score (nSPS) is 11.9. The molecule has 0 saturated heterocycles.